The van der Waals surface area contributed by atoms with Crippen LogP contribution in [0.2, 0.25) is 0 Å². The van der Waals surface area contributed by atoms with E-state index in [1.165, 1.54) is 25.2 Å². The summed E-state index contributed by atoms with van der Waals surface area (Å²) in [5.74, 6) is -0.868. The summed E-state index contributed by atoms with van der Waals surface area (Å²) in [5, 5.41) is 8.66. The van der Waals surface area contributed by atoms with Crippen LogP contribution in [-0.4, -0.2) is 57.1 Å². The first-order valence-electron chi connectivity index (χ1n) is 9.62. The molecule has 1 aliphatic rings. The van der Waals surface area contributed by atoms with Crippen LogP contribution in [0.1, 0.15) is 18.2 Å². The summed E-state index contributed by atoms with van der Waals surface area (Å²) in [5.41, 5.74) is 0.860. The fraction of sp³-hybridized carbons (Fsp3) is 0.350. The van der Waals surface area contributed by atoms with Gasteiger partial charge >= 0.3 is 5.97 Å². The van der Waals surface area contributed by atoms with Gasteiger partial charge < -0.3 is 10.1 Å². The molecule has 1 N–H and O–H groups in total. The Hall–Kier alpha value is -2.76. The molecule has 0 spiro atoms. The number of carbonyl (C=O) groups is 2. The molecular formula is C20H24N4O5S2. The monoisotopic (exact) mass is 464 g/mol. The van der Waals surface area contributed by atoms with E-state index in [2.05, 4.69) is 10.4 Å². The molecule has 0 radical (unpaired) electrons. The number of thiophene rings is 1. The number of sulfonamides is 1. The van der Waals surface area contributed by atoms with E-state index in [9.17, 15) is 18.0 Å². The number of esters is 1. The van der Waals surface area contributed by atoms with Crippen LogP contribution in [0, 0.1) is 0 Å². The molecule has 9 nitrogen and oxygen atoms in total. The third-order valence-corrected chi connectivity index (χ3v) is 7.92. The van der Waals surface area contributed by atoms with E-state index in [0.717, 1.165) is 15.6 Å². The first kappa shape index (κ1) is 22.9. The van der Waals surface area contributed by atoms with E-state index >= 15 is 0 Å². The molecule has 11 heteroatoms. The number of para-hydroxylation sites is 1. The zero-order valence-corrected chi connectivity index (χ0v) is 19.1. The SMILES string of the molecule is CCOC(=O)C1=NN(c2ccccc2)C(C(=O)NCc2ccc(S(=O)(=O)N(C)C)s2)C1. The molecule has 1 aliphatic heterocycles. The molecule has 1 unspecified atom stereocenters. The Balaban J connectivity index is 1.73. The second-order valence-electron chi connectivity index (χ2n) is 6.89. The van der Waals surface area contributed by atoms with Crippen molar-refractivity contribution in [3.8, 4) is 0 Å². The maximum atomic E-state index is 12.9. The van der Waals surface area contributed by atoms with Gasteiger partial charge in [0.05, 0.1) is 18.8 Å². The van der Waals surface area contributed by atoms with E-state index in [4.69, 9.17) is 4.74 Å². The number of amides is 1. The van der Waals surface area contributed by atoms with Crippen LogP contribution >= 0.6 is 11.3 Å². The standard InChI is InChI=1S/C20H24N4O5S2/c1-4-29-20(26)16-12-17(24(22-16)14-8-6-5-7-9-14)19(25)21-13-15-10-11-18(30-15)31(27,28)23(2)3/h5-11,17H,4,12-13H2,1-3H3,(H,21,25). The molecule has 0 saturated heterocycles. The van der Waals surface area contributed by atoms with E-state index in [1.54, 1.807) is 25.1 Å². The van der Waals surface area contributed by atoms with Crippen LogP contribution < -0.4 is 10.3 Å². The number of rotatable bonds is 8. The highest BCUT2D eigenvalue weighted by atomic mass is 32.2. The van der Waals surface area contributed by atoms with E-state index in [-0.39, 0.29) is 35.4 Å². The maximum absolute atomic E-state index is 12.9. The molecule has 2 heterocycles. The highest BCUT2D eigenvalue weighted by Gasteiger charge is 2.36. The fourth-order valence-electron chi connectivity index (χ4n) is 2.93. The lowest BCUT2D eigenvalue weighted by molar-refractivity contribution is -0.135. The maximum Gasteiger partial charge on any atom is 0.354 e. The van der Waals surface area contributed by atoms with Crippen molar-refractivity contribution in [3.63, 3.8) is 0 Å². The van der Waals surface area contributed by atoms with Crippen molar-refractivity contribution >= 4 is 44.6 Å². The van der Waals surface area contributed by atoms with Gasteiger partial charge in [0.2, 0.25) is 5.91 Å². The lowest BCUT2D eigenvalue weighted by atomic mass is 10.1. The number of hydrogen-bond acceptors (Lipinski definition) is 8. The lowest BCUT2D eigenvalue weighted by Gasteiger charge is -2.22. The summed E-state index contributed by atoms with van der Waals surface area (Å²) >= 11 is 1.10. The van der Waals surface area contributed by atoms with Gasteiger partial charge in [-0.05, 0) is 31.2 Å². The molecule has 0 fully saturated rings. The molecule has 1 aromatic heterocycles. The molecule has 0 saturated carbocycles. The van der Waals surface area contributed by atoms with Crippen molar-refractivity contribution in [2.75, 3.05) is 25.7 Å². The predicted octanol–water partition coefficient (Wildman–Crippen LogP) is 1.81. The summed E-state index contributed by atoms with van der Waals surface area (Å²) in [4.78, 5) is 25.8. The van der Waals surface area contributed by atoms with Crippen LogP contribution in [0.5, 0.6) is 0 Å². The quantitative estimate of drug-likeness (QED) is 0.597. The summed E-state index contributed by atoms with van der Waals surface area (Å²) < 4.78 is 30.8. The zero-order chi connectivity index (χ0) is 22.6. The molecule has 1 aromatic carbocycles. The molecule has 2 aromatic rings. The normalized spacial score (nSPS) is 16.3. The summed E-state index contributed by atoms with van der Waals surface area (Å²) in [6.45, 7) is 2.09. The van der Waals surface area contributed by atoms with E-state index < -0.39 is 22.0 Å². The van der Waals surface area contributed by atoms with Crippen molar-refractivity contribution < 1.29 is 22.7 Å². The van der Waals surface area contributed by atoms with Crippen molar-refractivity contribution in [2.45, 2.75) is 30.1 Å². The summed E-state index contributed by atoms with van der Waals surface area (Å²) in [7, 11) is -0.580. The minimum Gasteiger partial charge on any atom is -0.461 e. The number of nitrogens with one attached hydrogen (secondary N) is 1. The fourth-order valence-corrected chi connectivity index (χ4v) is 5.40. The highest BCUT2D eigenvalue weighted by molar-refractivity contribution is 7.91. The third kappa shape index (κ3) is 5.12. The first-order chi connectivity index (χ1) is 14.7. The van der Waals surface area contributed by atoms with Gasteiger partial charge in [-0.2, -0.15) is 5.10 Å². The number of anilines is 1. The lowest BCUT2D eigenvalue weighted by Crippen LogP contribution is -2.42. The number of ether oxygens (including phenoxy) is 1. The Morgan fingerprint density at radius 3 is 2.58 bits per heavy atom. The molecular weight excluding hydrogens is 440 g/mol. The Bertz CT molecular complexity index is 1080. The Morgan fingerprint density at radius 2 is 1.94 bits per heavy atom. The predicted molar refractivity (Wildman–Crippen MR) is 118 cm³/mol. The van der Waals surface area contributed by atoms with E-state index in [1.807, 2.05) is 18.2 Å². The smallest absolute Gasteiger partial charge is 0.354 e. The van der Waals surface area contributed by atoms with E-state index in [0.29, 0.717) is 10.6 Å². The van der Waals surface area contributed by atoms with Crippen molar-refractivity contribution in [1.82, 2.24) is 9.62 Å². The Morgan fingerprint density at radius 1 is 1.23 bits per heavy atom. The van der Waals surface area contributed by atoms with Crippen LogP contribution in [0.15, 0.2) is 51.8 Å². The number of benzene rings is 1. The highest BCUT2D eigenvalue weighted by Crippen LogP contribution is 2.26. The average Bonchev–Trinajstić information content (AvgIpc) is 3.41. The number of hydrogen-bond donors (Lipinski definition) is 1. The molecule has 31 heavy (non-hydrogen) atoms. The molecule has 0 aliphatic carbocycles. The van der Waals surface area contributed by atoms with Crippen molar-refractivity contribution in [1.29, 1.82) is 0 Å². The number of nitrogens with zero attached hydrogens (tertiary/aromatic N) is 3. The number of carbonyl (C=O) groups excluding carboxylic acids is 2. The first-order valence-corrected chi connectivity index (χ1v) is 11.9. The van der Waals surface area contributed by atoms with Crippen LogP contribution in [0.4, 0.5) is 5.69 Å². The van der Waals surface area contributed by atoms with Crippen molar-refractivity contribution in [3.05, 3.63) is 47.3 Å². The van der Waals surface area contributed by atoms with Gasteiger partial charge in [0, 0.05) is 25.4 Å². The topological polar surface area (TPSA) is 108 Å². The van der Waals surface area contributed by atoms with Gasteiger partial charge in [0.15, 0.2) is 0 Å². The van der Waals surface area contributed by atoms with Gasteiger partial charge in [0.25, 0.3) is 10.0 Å². The molecule has 166 valence electrons. The second-order valence-corrected chi connectivity index (χ2v) is 10.4. The summed E-state index contributed by atoms with van der Waals surface area (Å²) in [6.07, 6.45) is 0.115. The molecule has 0 bridgehead atoms. The summed E-state index contributed by atoms with van der Waals surface area (Å²) in [6, 6.07) is 11.6. The Labute approximate surface area is 185 Å². The second kappa shape index (κ2) is 9.58. The van der Waals surface area contributed by atoms with Crippen LogP contribution in [0.25, 0.3) is 0 Å². The average molecular weight is 465 g/mol. The molecule has 1 atom stereocenters. The van der Waals surface area contributed by atoms with Gasteiger partial charge in [-0.25, -0.2) is 17.5 Å². The minimum absolute atomic E-state index is 0.115. The number of hydrazone groups is 1. The van der Waals surface area contributed by atoms with Crippen LogP contribution in [0.3, 0.4) is 0 Å². The van der Waals surface area contributed by atoms with Crippen molar-refractivity contribution in [2.24, 2.45) is 5.10 Å². The Kier molecular flexibility index (Phi) is 7.08. The zero-order valence-electron chi connectivity index (χ0n) is 17.4. The third-order valence-electron chi connectivity index (χ3n) is 4.55. The minimum atomic E-state index is -3.52. The van der Waals surface area contributed by atoms with Gasteiger partial charge in [-0.1, -0.05) is 18.2 Å². The van der Waals surface area contributed by atoms with Gasteiger partial charge in [-0.15, -0.1) is 11.3 Å². The molecule has 3 rings (SSSR count). The van der Waals surface area contributed by atoms with Crippen LogP contribution in [-0.2, 0) is 30.9 Å². The van der Waals surface area contributed by atoms with Gasteiger partial charge in [-0.3, -0.25) is 9.80 Å². The molecule has 1 amide bonds. The van der Waals surface area contributed by atoms with Gasteiger partial charge in [0.1, 0.15) is 16.0 Å². The largest absolute Gasteiger partial charge is 0.461 e.